The Balaban J connectivity index is 1.09. The van der Waals surface area contributed by atoms with E-state index in [1.165, 1.54) is 12.8 Å². The summed E-state index contributed by atoms with van der Waals surface area (Å²) in [4.78, 5) is 4.14. The second kappa shape index (κ2) is 33.1. The normalized spacial score (nSPS) is 10.4. The number of rotatable bonds is 26. The van der Waals surface area contributed by atoms with E-state index in [4.69, 9.17) is 18.9 Å². The number of unbranched alkanes of at least 4 members (excludes halogenated alkanes) is 12. The van der Waals surface area contributed by atoms with Gasteiger partial charge in [-0.25, -0.2) is 0 Å². The molecule has 0 N–H and O–H groups in total. The van der Waals surface area contributed by atoms with Gasteiger partial charge in [0.25, 0.3) is 0 Å². The zero-order chi connectivity index (χ0) is 55.1. The van der Waals surface area contributed by atoms with Crippen molar-refractivity contribution in [3.63, 3.8) is 0 Å². The predicted molar refractivity (Wildman–Crippen MR) is 322 cm³/mol. The molecule has 0 aliphatic rings. The number of nitriles is 1. The molecule has 0 spiro atoms. The molecule has 402 valence electrons. The van der Waals surface area contributed by atoms with Gasteiger partial charge >= 0.3 is 0 Å². The van der Waals surface area contributed by atoms with Crippen molar-refractivity contribution in [2.24, 2.45) is 0 Å². The van der Waals surface area contributed by atoms with Gasteiger partial charge in [-0.15, -0.1) is 10.2 Å². The van der Waals surface area contributed by atoms with Gasteiger partial charge in [0, 0.05) is 70.0 Å². The van der Waals surface area contributed by atoms with E-state index in [-0.39, 0.29) is 0 Å². The molecule has 0 amide bonds. The van der Waals surface area contributed by atoms with Crippen LogP contribution in [0.25, 0.3) is 21.1 Å². The lowest BCUT2D eigenvalue weighted by Crippen LogP contribution is -2.03. The van der Waals surface area contributed by atoms with E-state index in [2.05, 4.69) is 96.3 Å². The topological polar surface area (TPSA) is 99.4 Å². The summed E-state index contributed by atoms with van der Waals surface area (Å²) in [6.07, 6.45) is 21.1. The van der Waals surface area contributed by atoms with Crippen molar-refractivity contribution in [2.45, 2.75) is 130 Å². The number of hydrogen-bond donors (Lipinski definition) is 0. The minimum atomic E-state index is 0.582. The maximum Gasteiger partial charge on any atom is 0.148 e. The number of nitrogens with zero attached hydrogens (tertiary/aromatic N) is 4. The molecule has 7 rings (SSSR count). The molecule has 0 unspecified atom stereocenters. The fourth-order valence-electron chi connectivity index (χ4n) is 8.30. The number of pyridine rings is 1. The van der Waals surface area contributed by atoms with Gasteiger partial charge in [0.1, 0.15) is 33.0 Å². The minimum absolute atomic E-state index is 0.582. The van der Waals surface area contributed by atoms with Gasteiger partial charge in [-0.1, -0.05) is 188 Å². The average Bonchev–Trinajstić information content (AvgIpc) is 4.01. The molecular weight excluding hydrogens is 993 g/mol. The highest BCUT2D eigenvalue weighted by atomic mass is 32.1. The fraction of sp³-hybridized carbons (Fsp3) is 0.343. The highest BCUT2D eigenvalue weighted by Gasteiger charge is 2.14. The first-order valence-electron chi connectivity index (χ1n) is 28.4. The molecule has 79 heavy (non-hydrogen) atoms. The van der Waals surface area contributed by atoms with Gasteiger partial charge < -0.3 is 18.9 Å². The Kier molecular flexibility index (Phi) is 24.5. The van der Waals surface area contributed by atoms with Crippen molar-refractivity contribution in [2.75, 3.05) is 26.4 Å². The zero-order valence-corrected chi connectivity index (χ0v) is 47.3. The zero-order valence-electron chi connectivity index (χ0n) is 46.5. The molecule has 0 fully saturated rings. The van der Waals surface area contributed by atoms with Crippen LogP contribution in [0.15, 0.2) is 122 Å². The first-order valence-corrected chi connectivity index (χ1v) is 29.2. The average molecular weight is 1070 g/mol. The van der Waals surface area contributed by atoms with E-state index in [9.17, 15) is 5.26 Å². The third-order valence-corrected chi connectivity index (χ3v) is 14.0. The van der Waals surface area contributed by atoms with Crippen LogP contribution < -0.4 is 18.9 Å². The lowest BCUT2D eigenvalue weighted by molar-refractivity contribution is 0.295. The van der Waals surface area contributed by atoms with E-state index >= 15 is 0 Å². The Labute approximate surface area is 474 Å². The third kappa shape index (κ3) is 19.3. The highest BCUT2D eigenvalue weighted by molar-refractivity contribution is 7.17. The molecule has 7 aromatic rings. The molecule has 0 atom stereocenters. The molecule has 5 aromatic carbocycles. The molecule has 9 heteroatoms. The van der Waals surface area contributed by atoms with Crippen molar-refractivity contribution in [1.29, 1.82) is 5.26 Å². The van der Waals surface area contributed by atoms with Crippen LogP contribution in [0.2, 0.25) is 0 Å². The number of ether oxygens (including phenoxy) is 4. The Morgan fingerprint density at radius 3 is 0.949 bits per heavy atom. The van der Waals surface area contributed by atoms with Crippen LogP contribution in [-0.2, 0) is 0 Å². The minimum Gasteiger partial charge on any atom is -0.492 e. The van der Waals surface area contributed by atoms with E-state index in [1.807, 2.05) is 97.1 Å². The standard InChI is InChI=1S/C70H72N4O4S/c1-5-9-13-17-45-75-65-50-62(66(76-46-18-14-10-6-2)49-61(65)37-29-54-21-23-58(53-71)24-22-54)38-30-55-25-33-59(34-26-55)69-73-74-70(79-69)60-35-27-56(28-36-60)31-39-63-51-68(78-48-20-16-12-8-4)64(40-32-57-41-43-72-44-42-57)52-67(63)77-47-19-15-11-7-3/h21-28,33-36,41-44,49-52H,5-20,45-48H2,1-4H3. The molecule has 0 bridgehead atoms. The van der Waals surface area contributed by atoms with Gasteiger partial charge in [-0.3, -0.25) is 4.98 Å². The Bertz CT molecular complexity index is 3310. The summed E-state index contributed by atoms with van der Waals surface area (Å²) in [6, 6.07) is 37.4. The van der Waals surface area contributed by atoms with Crippen LogP contribution in [0.5, 0.6) is 23.0 Å². The Morgan fingerprint density at radius 2 is 0.646 bits per heavy atom. The molecule has 2 heterocycles. The first-order chi connectivity index (χ1) is 39.0. The molecule has 2 aromatic heterocycles. The lowest BCUT2D eigenvalue weighted by Gasteiger charge is -2.14. The van der Waals surface area contributed by atoms with Crippen LogP contribution in [0, 0.1) is 58.7 Å². The molecule has 0 radical (unpaired) electrons. The molecule has 8 nitrogen and oxygen atoms in total. The molecule has 0 saturated heterocycles. The molecule has 0 aliphatic carbocycles. The molecule has 0 aliphatic heterocycles. The first kappa shape index (κ1) is 58.4. The van der Waals surface area contributed by atoms with Crippen LogP contribution in [0.4, 0.5) is 0 Å². The monoisotopic (exact) mass is 1060 g/mol. The second-order valence-corrected chi connectivity index (χ2v) is 20.3. The summed E-state index contributed by atoms with van der Waals surface area (Å²) < 4.78 is 25.7. The SMILES string of the molecule is CCCCCCOc1cc(C#Cc2ccc(-c3nnc(-c4ccc(C#Cc5cc(OCCCCCC)c(C#Cc6ccc(C#N)cc6)cc5OCCCCCC)cc4)s3)cc2)c(OCCCCCC)cc1C#Cc1ccncc1. The van der Waals surface area contributed by atoms with Crippen molar-refractivity contribution >= 4 is 11.3 Å². The van der Waals surface area contributed by atoms with E-state index < -0.39 is 0 Å². The molecular formula is C70H72N4O4S. The van der Waals surface area contributed by atoms with Crippen molar-refractivity contribution < 1.29 is 18.9 Å². The Morgan fingerprint density at radius 1 is 0.354 bits per heavy atom. The lowest BCUT2D eigenvalue weighted by atomic mass is 10.1. The third-order valence-electron chi connectivity index (χ3n) is 12.9. The Hall–Kier alpha value is -8.26. The van der Waals surface area contributed by atoms with Crippen LogP contribution >= 0.6 is 11.3 Å². The van der Waals surface area contributed by atoms with Crippen LogP contribution in [0.3, 0.4) is 0 Å². The summed E-state index contributed by atoms with van der Waals surface area (Å²) in [6.45, 7) is 11.2. The second-order valence-electron chi connectivity index (χ2n) is 19.3. The smallest absolute Gasteiger partial charge is 0.148 e. The number of hydrogen-bond acceptors (Lipinski definition) is 9. The number of aromatic nitrogens is 3. The van der Waals surface area contributed by atoms with Crippen molar-refractivity contribution in [3.05, 3.63) is 172 Å². The van der Waals surface area contributed by atoms with Crippen molar-refractivity contribution in [1.82, 2.24) is 15.2 Å². The fourth-order valence-corrected chi connectivity index (χ4v) is 9.16. The van der Waals surface area contributed by atoms with Gasteiger partial charge in [-0.05, 0) is 86.3 Å². The maximum atomic E-state index is 9.28. The van der Waals surface area contributed by atoms with Gasteiger partial charge in [0.05, 0.1) is 60.3 Å². The van der Waals surface area contributed by atoms with Gasteiger partial charge in [0.2, 0.25) is 0 Å². The quantitative estimate of drug-likeness (QED) is 0.0391. The summed E-state index contributed by atoms with van der Waals surface area (Å²) in [7, 11) is 0. The summed E-state index contributed by atoms with van der Waals surface area (Å²) >= 11 is 1.54. The van der Waals surface area contributed by atoms with E-state index in [1.54, 1.807) is 35.9 Å². The predicted octanol–water partition coefficient (Wildman–Crippen LogP) is 16.6. The molecule has 0 saturated carbocycles. The largest absolute Gasteiger partial charge is 0.492 e. The highest BCUT2D eigenvalue weighted by Crippen LogP contribution is 2.33. The van der Waals surface area contributed by atoms with Crippen LogP contribution in [-0.4, -0.2) is 41.6 Å². The summed E-state index contributed by atoms with van der Waals surface area (Å²) in [5.74, 6) is 29.6. The van der Waals surface area contributed by atoms with E-state index in [0.717, 1.165) is 156 Å². The summed E-state index contributed by atoms with van der Waals surface area (Å²) in [5, 5.41) is 20.1. The van der Waals surface area contributed by atoms with Crippen LogP contribution in [0.1, 0.15) is 180 Å². The summed E-state index contributed by atoms with van der Waals surface area (Å²) in [5.41, 5.74) is 8.95. The maximum absolute atomic E-state index is 9.28. The van der Waals surface area contributed by atoms with Crippen molar-refractivity contribution in [3.8, 4) is 97.6 Å². The number of benzene rings is 5. The van der Waals surface area contributed by atoms with Gasteiger partial charge in [-0.2, -0.15) is 5.26 Å². The van der Waals surface area contributed by atoms with Gasteiger partial charge in [0.15, 0.2) is 0 Å². The van der Waals surface area contributed by atoms with E-state index in [0.29, 0.717) is 55.0 Å².